The topological polar surface area (TPSA) is 118 Å². The van der Waals surface area contributed by atoms with Crippen LogP contribution in [0.3, 0.4) is 0 Å². The van der Waals surface area contributed by atoms with Gasteiger partial charge in [-0.1, -0.05) is 0 Å². The van der Waals surface area contributed by atoms with Gasteiger partial charge in [0, 0.05) is 37.0 Å². The molecule has 1 unspecified atom stereocenters. The number of benzene rings is 1. The van der Waals surface area contributed by atoms with Crippen molar-refractivity contribution >= 4 is 17.7 Å². The third-order valence-corrected chi connectivity index (χ3v) is 6.09. The number of hydrogen-bond acceptors (Lipinski definition) is 6. The molecule has 10 nitrogen and oxygen atoms in total. The summed E-state index contributed by atoms with van der Waals surface area (Å²) in [6.45, 7) is 1.53. The molecule has 1 aliphatic rings. The molecule has 37 heavy (non-hydrogen) atoms. The molecule has 1 atom stereocenters. The number of halogens is 4. The molecule has 194 valence electrons. The van der Waals surface area contributed by atoms with E-state index in [4.69, 9.17) is 4.74 Å². The molecule has 4 aromatic rings. The maximum absolute atomic E-state index is 14.8. The number of carbonyl (C=O) groups is 1. The number of rotatable bonds is 5. The summed E-state index contributed by atoms with van der Waals surface area (Å²) in [5.74, 6) is -0.568. The van der Waals surface area contributed by atoms with E-state index in [1.807, 2.05) is 0 Å². The van der Waals surface area contributed by atoms with Crippen molar-refractivity contribution in [3.8, 4) is 17.0 Å². The van der Waals surface area contributed by atoms with Crippen molar-refractivity contribution in [3.63, 3.8) is 0 Å². The maximum atomic E-state index is 14.8. The van der Waals surface area contributed by atoms with Gasteiger partial charge < -0.3 is 14.9 Å². The molecule has 0 fully saturated rings. The van der Waals surface area contributed by atoms with Crippen molar-refractivity contribution in [1.82, 2.24) is 24.1 Å². The quantitative estimate of drug-likeness (QED) is 0.385. The van der Waals surface area contributed by atoms with Crippen molar-refractivity contribution in [1.29, 1.82) is 0 Å². The Morgan fingerprint density at radius 3 is 2.73 bits per heavy atom. The zero-order valence-corrected chi connectivity index (χ0v) is 19.5. The number of fused-ring (bicyclic) bond motifs is 2. The molecule has 1 aromatic carbocycles. The summed E-state index contributed by atoms with van der Waals surface area (Å²) in [6.07, 6.45) is -6.98. The van der Waals surface area contributed by atoms with Gasteiger partial charge in [-0.15, -0.1) is 0 Å². The predicted octanol–water partition coefficient (Wildman–Crippen LogP) is 3.79. The van der Waals surface area contributed by atoms with Crippen molar-refractivity contribution in [3.05, 3.63) is 58.9 Å². The number of alkyl halides is 3. The van der Waals surface area contributed by atoms with Crippen LogP contribution in [0, 0.1) is 12.7 Å². The second-order valence-corrected chi connectivity index (χ2v) is 8.54. The molecule has 2 N–H and O–H groups in total. The molecule has 0 aliphatic carbocycles. The second kappa shape index (κ2) is 8.73. The molecule has 0 spiro atoms. The second-order valence-electron chi connectivity index (χ2n) is 8.54. The van der Waals surface area contributed by atoms with E-state index in [-0.39, 0.29) is 22.7 Å². The van der Waals surface area contributed by atoms with Crippen LogP contribution in [-0.2, 0) is 20.0 Å². The lowest BCUT2D eigenvalue weighted by Gasteiger charge is -2.21. The van der Waals surface area contributed by atoms with Crippen molar-refractivity contribution < 1.29 is 37.3 Å². The third-order valence-electron chi connectivity index (χ3n) is 6.09. The number of carboxylic acid groups (broad SMARTS) is 1. The summed E-state index contributed by atoms with van der Waals surface area (Å²) in [5, 5.41) is 24.1. The SMILES string of the molecule is Cc1cc(-c2cnc(N(Cc3c(F)ccc4c3CCO4)C(=O)O)n3cc(C(O)C(F)(F)F)nc23)n(C)n1. The van der Waals surface area contributed by atoms with Gasteiger partial charge in [0.2, 0.25) is 5.95 Å². The van der Waals surface area contributed by atoms with E-state index in [0.29, 0.717) is 40.6 Å². The van der Waals surface area contributed by atoms with Crippen LogP contribution in [0.25, 0.3) is 16.9 Å². The van der Waals surface area contributed by atoms with Crippen LogP contribution >= 0.6 is 0 Å². The number of anilines is 1. The molecule has 1 amide bonds. The zero-order chi connectivity index (χ0) is 26.6. The normalized spacial score (nSPS) is 14.0. The summed E-state index contributed by atoms with van der Waals surface area (Å²) < 4.78 is 62.7. The Balaban J connectivity index is 1.70. The van der Waals surface area contributed by atoms with Gasteiger partial charge in [0.1, 0.15) is 11.6 Å². The monoisotopic (exact) mass is 520 g/mol. The Labute approximate surface area is 206 Å². The molecule has 0 bridgehead atoms. The number of aliphatic hydroxyl groups is 1. The first-order valence-corrected chi connectivity index (χ1v) is 11.0. The van der Waals surface area contributed by atoms with E-state index in [1.165, 1.54) is 16.9 Å². The van der Waals surface area contributed by atoms with E-state index in [9.17, 15) is 32.6 Å². The van der Waals surface area contributed by atoms with Gasteiger partial charge in [-0.2, -0.15) is 18.3 Å². The van der Waals surface area contributed by atoms with Gasteiger partial charge in [-0.3, -0.25) is 9.08 Å². The fourth-order valence-electron chi connectivity index (χ4n) is 4.39. The lowest BCUT2D eigenvalue weighted by atomic mass is 10.0. The van der Waals surface area contributed by atoms with Gasteiger partial charge in [0.15, 0.2) is 11.8 Å². The highest BCUT2D eigenvalue weighted by Gasteiger charge is 2.41. The standard InChI is InChI=1S/C23H20F4N6O4/c1-11-7-17(31(2)30-11)13-8-28-21(32-10-16(29-20(13)32)19(34)23(25,26)27)33(22(35)36)9-14-12-5-6-37-18(12)4-3-15(14)24/h3-4,7-8,10,19,34H,5-6,9H2,1-2H3,(H,35,36). The lowest BCUT2D eigenvalue weighted by molar-refractivity contribution is -0.207. The van der Waals surface area contributed by atoms with Crippen LogP contribution in [0.5, 0.6) is 5.75 Å². The predicted molar refractivity (Wildman–Crippen MR) is 121 cm³/mol. The third kappa shape index (κ3) is 4.22. The van der Waals surface area contributed by atoms with Gasteiger partial charge in [-0.05, 0) is 25.1 Å². The number of nitrogens with zero attached hydrogens (tertiary/aromatic N) is 6. The van der Waals surface area contributed by atoms with E-state index in [0.717, 1.165) is 16.7 Å². The fraction of sp³-hybridized carbons (Fsp3) is 0.304. The van der Waals surface area contributed by atoms with Crippen LogP contribution < -0.4 is 9.64 Å². The lowest BCUT2D eigenvalue weighted by Crippen LogP contribution is -2.32. The van der Waals surface area contributed by atoms with E-state index >= 15 is 0 Å². The molecule has 0 radical (unpaired) electrons. The van der Waals surface area contributed by atoms with Gasteiger partial charge >= 0.3 is 12.3 Å². The largest absolute Gasteiger partial charge is 0.493 e. The first-order valence-electron chi connectivity index (χ1n) is 11.0. The highest BCUT2D eigenvalue weighted by atomic mass is 19.4. The first kappa shape index (κ1) is 24.5. The average molecular weight is 520 g/mol. The number of hydrogen-bond donors (Lipinski definition) is 2. The molecule has 3 aromatic heterocycles. The van der Waals surface area contributed by atoms with Crippen molar-refractivity contribution in [2.45, 2.75) is 32.2 Å². The Bertz CT molecular complexity index is 1530. The smallest absolute Gasteiger partial charge is 0.420 e. The zero-order valence-electron chi connectivity index (χ0n) is 19.5. The fourth-order valence-corrected chi connectivity index (χ4v) is 4.39. The molecular weight excluding hydrogens is 500 g/mol. The summed E-state index contributed by atoms with van der Waals surface area (Å²) in [6, 6.07) is 4.27. The van der Waals surface area contributed by atoms with Crippen LogP contribution in [0.15, 0.2) is 30.6 Å². The minimum Gasteiger partial charge on any atom is -0.493 e. The Hall–Kier alpha value is -4.20. The Morgan fingerprint density at radius 2 is 2.08 bits per heavy atom. The number of aryl methyl sites for hydroxylation is 2. The highest BCUT2D eigenvalue weighted by molar-refractivity contribution is 5.86. The molecular formula is C23H20F4N6O4. The van der Waals surface area contributed by atoms with Crippen LogP contribution in [0.4, 0.5) is 28.3 Å². The summed E-state index contributed by atoms with van der Waals surface area (Å²) >= 11 is 0. The molecule has 14 heteroatoms. The minimum absolute atomic E-state index is 0.0642. The van der Waals surface area contributed by atoms with Crippen LogP contribution in [0.1, 0.15) is 28.6 Å². The van der Waals surface area contributed by atoms with Gasteiger partial charge in [0.05, 0.1) is 35.8 Å². The summed E-state index contributed by atoms with van der Waals surface area (Å²) in [7, 11) is 1.62. The number of ether oxygens (including phenoxy) is 1. The molecule has 5 rings (SSSR count). The van der Waals surface area contributed by atoms with E-state index in [2.05, 4.69) is 15.1 Å². The van der Waals surface area contributed by atoms with Crippen molar-refractivity contribution in [2.24, 2.45) is 7.05 Å². The summed E-state index contributed by atoms with van der Waals surface area (Å²) in [5.41, 5.74) is 1.03. The highest BCUT2D eigenvalue weighted by Crippen LogP contribution is 2.36. The van der Waals surface area contributed by atoms with Gasteiger partial charge in [-0.25, -0.2) is 24.1 Å². The number of aliphatic hydroxyl groups excluding tert-OH is 1. The molecule has 0 saturated carbocycles. The minimum atomic E-state index is -5.02. The van der Waals surface area contributed by atoms with Crippen LogP contribution in [-0.4, -0.2) is 53.2 Å². The van der Waals surface area contributed by atoms with Gasteiger partial charge in [0.25, 0.3) is 0 Å². The maximum Gasteiger partial charge on any atom is 0.420 e. The van der Waals surface area contributed by atoms with Crippen LogP contribution in [0.2, 0.25) is 0 Å². The first-order chi connectivity index (χ1) is 17.5. The molecule has 0 saturated heterocycles. The molecule has 4 heterocycles. The Morgan fingerprint density at radius 1 is 1.32 bits per heavy atom. The summed E-state index contributed by atoms with van der Waals surface area (Å²) in [4.78, 5) is 21.2. The average Bonchev–Trinajstić information content (AvgIpc) is 3.55. The number of amides is 1. The van der Waals surface area contributed by atoms with E-state index < -0.39 is 36.4 Å². The number of imidazole rings is 1. The van der Waals surface area contributed by atoms with Crippen molar-refractivity contribution in [2.75, 3.05) is 11.5 Å². The molecule has 1 aliphatic heterocycles. The van der Waals surface area contributed by atoms with E-state index in [1.54, 1.807) is 20.0 Å². The Kier molecular flexibility index (Phi) is 5.78. The number of aromatic nitrogens is 5.